The van der Waals surface area contributed by atoms with Crippen molar-refractivity contribution in [1.29, 1.82) is 0 Å². The van der Waals surface area contributed by atoms with E-state index in [0.29, 0.717) is 12.5 Å². The first kappa shape index (κ1) is 15.3. The summed E-state index contributed by atoms with van der Waals surface area (Å²) in [5.41, 5.74) is 0. The van der Waals surface area contributed by atoms with Crippen LogP contribution in [0.2, 0.25) is 0 Å². The van der Waals surface area contributed by atoms with Gasteiger partial charge in [0.25, 0.3) is 0 Å². The molecule has 1 unspecified atom stereocenters. The van der Waals surface area contributed by atoms with Crippen LogP contribution in [0.25, 0.3) is 0 Å². The molecule has 1 rings (SSSR count). The summed E-state index contributed by atoms with van der Waals surface area (Å²) in [4.78, 5) is 32.7. The van der Waals surface area contributed by atoms with Gasteiger partial charge in [-0.1, -0.05) is 19.3 Å². The number of aliphatic carboxylic acids is 2. The van der Waals surface area contributed by atoms with Crippen LogP contribution in [0.5, 0.6) is 0 Å². The van der Waals surface area contributed by atoms with Gasteiger partial charge in [-0.05, 0) is 18.8 Å². The average Bonchev–Trinajstić information content (AvgIpc) is 2.36. The number of nitrogens with one attached hydrogen (secondary N) is 2. The molecule has 0 heterocycles. The zero-order valence-electron chi connectivity index (χ0n) is 10.7. The van der Waals surface area contributed by atoms with E-state index in [-0.39, 0.29) is 0 Å². The van der Waals surface area contributed by atoms with Gasteiger partial charge in [-0.15, -0.1) is 0 Å². The van der Waals surface area contributed by atoms with Crippen LogP contribution < -0.4 is 10.6 Å². The molecule has 0 spiro atoms. The maximum absolute atomic E-state index is 11.5. The highest BCUT2D eigenvalue weighted by molar-refractivity contribution is 5.86. The molecule has 0 saturated heterocycles. The molecule has 1 atom stereocenters. The molecule has 0 aliphatic heterocycles. The van der Waals surface area contributed by atoms with E-state index in [1.54, 1.807) is 0 Å². The van der Waals surface area contributed by atoms with Crippen molar-refractivity contribution >= 4 is 18.0 Å². The van der Waals surface area contributed by atoms with Crippen LogP contribution in [-0.2, 0) is 9.59 Å². The summed E-state index contributed by atoms with van der Waals surface area (Å²) in [5.74, 6) is -2.18. The fourth-order valence-electron chi connectivity index (χ4n) is 2.21. The number of urea groups is 1. The van der Waals surface area contributed by atoms with Gasteiger partial charge in [-0.3, -0.25) is 4.79 Å². The molecule has 2 amide bonds. The highest BCUT2D eigenvalue weighted by Crippen LogP contribution is 2.22. The zero-order valence-corrected chi connectivity index (χ0v) is 10.7. The Kier molecular flexibility index (Phi) is 6.11. The topological polar surface area (TPSA) is 116 Å². The van der Waals surface area contributed by atoms with Crippen LogP contribution in [-0.4, -0.2) is 40.8 Å². The van der Waals surface area contributed by atoms with Crippen LogP contribution in [0, 0.1) is 5.92 Å². The van der Waals surface area contributed by atoms with Crippen LogP contribution >= 0.6 is 0 Å². The first-order chi connectivity index (χ1) is 8.99. The van der Waals surface area contributed by atoms with Crippen molar-refractivity contribution in [1.82, 2.24) is 10.6 Å². The average molecular weight is 272 g/mol. The lowest BCUT2D eigenvalue weighted by Gasteiger charge is -2.22. The summed E-state index contributed by atoms with van der Waals surface area (Å²) in [6, 6.07) is -2.02. The predicted octanol–water partition coefficient (Wildman–Crippen LogP) is 0.794. The van der Waals surface area contributed by atoms with Crippen LogP contribution in [0.3, 0.4) is 0 Å². The normalized spacial score (nSPS) is 17.5. The van der Waals surface area contributed by atoms with E-state index in [9.17, 15) is 14.4 Å². The summed E-state index contributed by atoms with van der Waals surface area (Å²) in [6.45, 7) is 0.505. The molecule has 108 valence electrons. The molecule has 0 aromatic heterocycles. The molecule has 0 aromatic rings. The monoisotopic (exact) mass is 272 g/mol. The third-order valence-electron chi connectivity index (χ3n) is 3.26. The third-order valence-corrected chi connectivity index (χ3v) is 3.26. The molecular formula is C12H20N2O5. The van der Waals surface area contributed by atoms with Crippen molar-refractivity contribution in [2.75, 3.05) is 6.54 Å². The van der Waals surface area contributed by atoms with Crippen molar-refractivity contribution in [3.05, 3.63) is 0 Å². The summed E-state index contributed by atoms with van der Waals surface area (Å²) in [6.07, 6.45) is 5.04. The second-order valence-electron chi connectivity index (χ2n) is 4.85. The Morgan fingerprint density at radius 1 is 1.11 bits per heavy atom. The fraction of sp³-hybridized carbons (Fsp3) is 0.750. The Hall–Kier alpha value is -1.79. The standard InChI is InChI=1S/C12H20N2O5/c15-10(16)6-9(11(17)18)14-12(19)13-7-8-4-2-1-3-5-8/h8-9H,1-7H2,(H,15,16)(H,17,18)(H2,13,14,19). The quantitative estimate of drug-likeness (QED) is 0.570. The molecule has 4 N–H and O–H groups in total. The van der Waals surface area contributed by atoms with E-state index < -0.39 is 30.4 Å². The summed E-state index contributed by atoms with van der Waals surface area (Å²) in [7, 11) is 0. The number of carbonyl (C=O) groups is 3. The minimum Gasteiger partial charge on any atom is -0.481 e. The van der Waals surface area contributed by atoms with E-state index in [2.05, 4.69) is 10.6 Å². The van der Waals surface area contributed by atoms with Gasteiger partial charge in [0, 0.05) is 6.54 Å². The molecule has 1 saturated carbocycles. The number of rotatable bonds is 6. The lowest BCUT2D eigenvalue weighted by molar-refractivity contribution is -0.145. The molecule has 19 heavy (non-hydrogen) atoms. The van der Waals surface area contributed by atoms with Crippen molar-refractivity contribution in [3.8, 4) is 0 Å². The third kappa shape index (κ3) is 6.08. The fourth-order valence-corrected chi connectivity index (χ4v) is 2.21. The molecule has 7 heteroatoms. The van der Waals surface area contributed by atoms with E-state index in [1.807, 2.05) is 0 Å². The van der Waals surface area contributed by atoms with Gasteiger partial charge in [0.15, 0.2) is 0 Å². The number of carbonyl (C=O) groups excluding carboxylic acids is 1. The molecule has 1 aliphatic rings. The smallest absolute Gasteiger partial charge is 0.326 e. The Balaban J connectivity index is 2.31. The molecule has 0 aromatic carbocycles. The van der Waals surface area contributed by atoms with Crippen LogP contribution in [0.15, 0.2) is 0 Å². The van der Waals surface area contributed by atoms with Gasteiger partial charge in [-0.2, -0.15) is 0 Å². The summed E-state index contributed by atoms with van der Waals surface area (Å²) in [5, 5.41) is 22.1. The summed E-state index contributed by atoms with van der Waals surface area (Å²) < 4.78 is 0. The lowest BCUT2D eigenvalue weighted by Crippen LogP contribution is -2.48. The molecule has 1 fully saturated rings. The van der Waals surface area contributed by atoms with E-state index in [4.69, 9.17) is 10.2 Å². The van der Waals surface area contributed by atoms with Gasteiger partial charge in [-0.25, -0.2) is 9.59 Å². The highest BCUT2D eigenvalue weighted by Gasteiger charge is 2.23. The molecule has 7 nitrogen and oxygen atoms in total. The number of hydrogen-bond donors (Lipinski definition) is 4. The van der Waals surface area contributed by atoms with E-state index in [0.717, 1.165) is 25.7 Å². The predicted molar refractivity (Wildman–Crippen MR) is 66.8 cm³/mol. The van der Waals surface area contributed by atoms with Gasteiger partial charge in [0.05, 0.1) is 6.42 Å². The Bertz CT molecular complexity index is 339. The first-order valence-electron chi connectivity index (χ1n) is 6.48. The second-order valence-corrected chi connectivity index (χ2v) is 4.85. The Morgan fingerprint density at radius 2 is 1.74 bits per heavy atom. The minimum atomic E-state index is -1.40. The van der Waals surface area contributed by atoms with Gasteiger partial charge >= 0.3 is 18.0 Å². The Labute approximate surface area is 111 Å². The summed E-state index contributed by atoms with van der Waals surface area (Å²) >= 11 is 0. The molecule has 0 radical (unpaired) electrons. The van der Waals surface area contributed by atoms with Gasteiger partial charge in [0.1, 0.15) is 6.04 Å². The van der Waals surface area contributed by atoms with Crippen molar-refractivity contribution in [2.24, 2.45) is 5.92 Å². The van der Waals surface area contributed by atoms with Crippen LogP contribution in [0.4, 0.5) is 4.79 Å². The van der Waals surface area contributed by atoms with Gasteiger partial charge < -0.3 is 20.8 Å². The van der Waals surface area contributed by atoms with E-state index in [1.165, 1.54) is 6.42 Å². The minimum absolute atomic E-state index is 0.433. The molecular weight excluding hydrogens is 252 g/mol. The van der Waals surface area contributed by atoms with E-state index >= 15 is 0 Å². The second kappa shape index (κ2) is 7.60. The number of carboxylic acids is 2. The first-order valence-corrected chi connectivity index (χ1v) is 6.48. The maximum atomic E-state index is 11.5. The number of amides is 2. The van der Waals surface area contributed by atoms with Crippen molar-refractivity contribution in [2.45, 2.75) is 44.6 Å². The lowest BCUT2D eigenvalue weighted by atomic mass is 9.89. The largest absolute Gasteiger partial charge is 0.481 e. The van der Waals surface area contributed by atoms with Gasteiger partial charge in [0.2, 0.25) is 0 Å². The zero-order chi connectivity index (χ0) is 14.3. The Morgan fingerprint density at radius 3 is 2.26 bits per heavy atom. The van der Waals surface area contributed by atoms with Crippen LogP contribution in [0.1, 0.15) is 38.5 Å². The van der Waals surface area contributed by atoms with Crippen molar-refractivity contribution in [3.63, 3.8) is 0 Å². The molecule has 0 bridgehead atoms. The van der Waals surface area contributed by atoms with Crippen molar-refractivity contribution < 1.29 is 24.6 Å². The highest BCUT2D eigenvalue weighted by atomic mass is 16.4. The number of carboxylic acid groups (broad SMARTS) is 2. The SMILES string of the molecule is O=C(O)CC(NC(=O)NCC1CCCCC1)C(=O)O. The molecule has 1 aliphatic carbocycles. The number of hydrogen-bond acceptors (Lipinski definition) is 3. The maximum Gasteiger partial charge on any atom is 0.326 e.